The van der Waals surface area contributed by atoms with Crippen molar-refractivity contribution in [1.82, 2.24) is 10.2 Å². The summed E-state index contributed by atoms with van der Waals surface area (Å²) in [4.78, 5) is 3.96. The molecule has 1 aliphatic heterocycles. The van der Waals surface area contributed by atoms with Crippen LogP contribution in [0.15, 0.2) is 15.9 Å². The van der Waals surface area contributed by atoms with Crippen LogP contribution in [0.5, 0.6) is 0 Å². The van der Waals surface area contributed by atoms with E-state index in [2.05, 4.69) is 57.0 Å². The summed E-state index contributed by atoms with van der Waals surface area (Å²) >= 11 is 7.40. The van der Waals surface area contributed by atoms with Crippen molar-refractivity contribution in [1.29, 1.82) is 0 Å². The van der Waals surface area contributed by atoms with Crippen molar-refractivity contribution in [3.8, 4) is 0 Å². The maximum absolute atomic E-state index is 3.60. The summed E-state index contributed by atoms with van der Waals surface area (Å²) in [5.41, 5.74) is 0. The van der Waals surface area contributed by atoms with Gasteiger partial charge in [-0.3, -0.25) is 0 Å². The van der Waals surface area contributed by atoms with Gasteiger partial charge >= 0.3 is 0 Å². The first-order valence-electron chi connectivity index (χ1n) is 6.04. The van der Waals surface area contributed by atoms with E-state index in [1.807, 2.05) is 11.3 Å². The molecule has 0 saturated carbocycles. The molecule has 2 heterocycles. The zero-order chi connectivity index (χ0) is 12.1. The molecule has 0 radical (unpaired) electrons. The second-order valence-electron chi connectivity index (χ2n) is 4.27. The van der Waals surface area contributed by atoms with Crippen LogP contribution < -0.4 is 5.32 Å². The van der Waals surface area contributed by atoms with Gasteiger partial charge in [-0.05, 0) is 35.0 Å². The summed E-state index contributed by atoms with van der Waals surface area (Å²) in [6.07, 6.45) is 0. The van der Waals surface area contributed by atoms with Gasteiger partial charge in [0, 0.05) is 48.6 Å². The smallest absolute Gasteiger partial charge is 0.0701 e. The van der Waals surface area contributed by atoms with E-state index >= 15 is 0 Å². The van der Waals surface area contributed by atoms with Crippen LogP contribution in [0.1, 0.15) is 17.8 Å². The monoisotopic (exact) mass is 334 g/mol. The van der Waals surface area contributed by atoms with Gasteiger partial charge in [0.2, 0.25) is 0 Å². The molecule has 1 N–H and O–H groups in total. The summed E-state index contributed by atoms with van der Waals surface area (Å²) in [7, 11) is 0. The van der Waals surface area contributed by atoms with Gasteiger partial charge in [0.05, 0.1) is 3.79 Å². The fourth-order valence-electron chi connectivity index (χ4n) is 1.93. The molecule has 5 heteroatoms. The van der Waals surface area contributed by atoms with Crippen LogP contribution in [0.2, 0.25) is 0 Å². The molecule has 1 aliphatic rings. The Morgan fingerprint density at radius 2 is 2.18 bits per heavy atom. The topological polar surface area (TPSA) is 15.3 Å². The third kappa shape index (κ3) is 4.56. The van der Waals surface area contributed by atoms with Crippen LogP contribution in [0.3, 0.4) is 0 Å². The highest BCUT2D eigenvalue weighted by molar-refractivity contribution is 9.11. The summed E-state index contributed by atoms with van der Waals surface area (Å²) in [5, 5.41) is 3.60. The first-order chi connectivity index (χ1) is 8.25. The van der Waals surface area contributed by atoms with E-state index in [1.54, 1.807) is 0 Å². The Balaban J connectivity index is 1.67. The van der Waals surface area contributed by atoms with Crippen molar-refractivity contribution in [3.05, 3.63) is 20.8 Å². The molecular formula is C12H19BrN2S2. The second-order valence-corrected chi connectivity index (χ2v) is 7.99. The Morgan fingerprint density at radius 3 is 2.82 bits per heavy atom. The normalized spacial score (nSPS) is 19.4. The number of rotatable bonds is 5. The lowest BCUT2D eigenvalue weighted by atomic mass is 10.3. The van der Waals surface area contributed by atoms with E-state index in [0.717, 1.165) is 6.54 Å². The van der Waals surface area contributed by atoms with Crippen molar-refractivity contribution < 1.29 is 0 Å². The number of thioether (sulfide) groups is 1. The van der Waals surface area contributed by atoms with Crippen molar-refractivity contribution in [2.75, 3.05) is 37.7 Å². The maximum atomic E-state index is 3.60. The van der Waals surface area contributed by atoms with Gasteiger partial charge < -0.3 is 10.2 Å². The van der Waals surface area contributed by atoms with Crippen molar-refractivity contribution in [2.45, 2.75) is 13.0 Å². The van der Waals surface area contributed by atoms with Crippen molar-refractivity contribution >= 4 is 39.0 Å². The molecule has 2 nitrogen and oxygen atoms in total. The summed E-state index contributed by atoms with van der Waals surface area (Å²) < 4.78 is 1.22. The molecule has 0 amide bonds. The van der Waals surface area contributed by atoms with E-state index in [9.17, 15) is 0 Å². The molecule has 1 fully saturated rings. The van der Waals surface area contributed by atoms with Gasteiger partial charge in [-0.25, -0.2) is 0 Å². The average molecular weight is 335 g/mol. The van der Waals surface area contributed by atoms with Crippen LogP contribution in [-0.4, -0.2) is 42.6 Å². The Hall–Kier alpha value is 0.450. The lowest BCUT2D eigenvalue weighted by Crippen LogP contribution is -2.38. The zero-order valence-corrected chi connectivity index (χ0v) is 13.3. The highest BCUT2D eigenvalue weighted by atomic mass is 79.9. The molecule has 0 bridgehead atoms. The molecule has 0 spiro atoms. The van der Waals surface area contributed by atoms with Gasteiger partial charge in [0.25, 0.3) is 0 Å². The number of nitrogens with one attached hydrogen (secondary N) is 1. The standard InChI is InChI=1S/C12H19BrN2S2/c1-10(11-2-3-12(13)17-11)14-4-5-15-6-8-16-9-7-15/h2-3,10,14H,4-9H2,1H3. The Labute approximate surface area is 120 Å². The highest BCUT2D eigenvalue weighted by Crippen LogP contribution is 2.26. The summed E-state index contributed by atoms with van der Waals surface area (Å²) in [6.45, 7) is 7.01. The molecule has 2 rings (SSSR count). The second kappa shape index (κ2) is 7.14. The Morgan fingerprint density at radius 1 is 1.41 bits per heavy atom. The maximum Gasteiger partial charge on any atom is 0.0701 e. The lowest BCUT2D eigenvalue weighted by Gasteiger charge is -2.26. The van der Waals surface area contributed by atoms with Crippen molar-refractivity contribution in [3.63, 3.8) is 0 Å². The molecule has 0 aliphatic carbocycles. The molecule has 96 valence electrons. The Bertz CT molecular complexity index is 337. The number of halogens is 1. The zero-order valence-electron chi connectivity index (χ0n) is 10.1. The molecule has 17 heavy (non-hydrogen) atoms. The predicted molar refractivity (Wildman–Crippen MR) is 82.2 cm³/mol. The number of hydrogen-bond donors (Lipinski definition) is 1. The van der Waals surface area contributed by atoms with Gasteiger partial charge in [0.1, 0.15) is 0 Å². The SMILES string of the molecule is CC(NCCN1CCSCC1)c1ccc(Br)s1. The van der Waals surface area contributed by atoms with Gasteiger partial charge in [-0.2, -0.15) is 11.8 Å². The molecule has 1 aromatic rings. The first kappa shape index (κ1) is 13.9. The molecule has 0 aromatic carbocycles. The first-order valence-corrected chi connectivity index (χ1v) is 8.81. The predicted octanol–water partition coefficient (Wildman–Crippen LogP) is 3.21. The van der Waals surface area contributed by atoms with Crippen LogP contribution in [0.4, 0.5) is 0 Å². The lowest BCUT2D eigenvalue weighted by molar-refractivity contribution is 0.297. The number of thiophene rings is 1. The number of nitrogens with zero attached hydrogens (tertiary/aromatic N) is 1. The van der Waals surface area contributed by atoms with Gasteiger partial charge in [-0.1, -0.05) is 0 Å². The molecule has 1 aromatic heterocycles. The van der Waals surface area contributed by atoms with Crippen LogP contribution in [0.25, 0.3) is 0 Å². The van der Waals surface area contributed by atoms with Crippen LogP contribution >= 0.6 is 39.0 Å². The molecule has 1 atom stereocenters. The molecule has 1 unspecified atom stereocenters. The average Bonchev–Trinajstić information content (AvgIpc) is 2.77. The minimum Gasteiger partial charge on any atom is -0.308 e. The minimum atomic E-state index is 0.463. The van der Waals surface area contributed by atoms with E-state index < -0.39 is 0 Å². The van der Waals surface area contributed by atoms with Crippen molar-refractivity contribution in [2.24, 2.45) is 0 Å². The highest BCUT2D eigenvalue weighted by Gasteiger charge is 2.11. The molecular weight excluding hydrogens is 316 g/mol. The fourth-order valence-corrected chi connectivity index (χ4v) is 4.35. The van der Waals surface area contributed by atoms with E-state index in [-0.39, 0.29) is 0 Å². The summed E-state index contributed by atoms with van der Waals surface area (Å²) in [5.74, 6) is 2.60. The van der Waals surface area contributed by atoms with Gasteiger partial charge in [0.15, 0.2) is 0 Å². The Kier molecular flexibility index (Phi) is 5.83. The van der Waals surface area contributed by atoms with E-state index in [0.29, 0.717) is 6.04 Å². The van der Waals surface area contributed by atoms with Crippen LogP contribution in [-0.2, 0) is 0 Å². The quantitative estimate of drug-likeness (QED) is 0.890. The third-order valence-electron chi connectivity index (χ3n) is 3.00. The minimum absolute atomic E-state index is 0.463. The van der Waals surface area contributed by atoms with Gasteiger partial charge in [-0.15, -0.1) is 11.3 Å². The van der Waals surface area contributed by atoms with Crippen LogP contribution in [0, 0.1) is 0 Å². The number of hydrogen-bond acceptors (Lipinski definition) is 4. The summed E-state index contributed by atoms with van der Waals surface area (Å²) in [6, 6.07) is 4.79. The third-order valence-corrected chi connectivity index (χ3v) is 5.75. The van der Waals surface area contributed by atoms with E-state index in [4.69, 9.17) is 0 Å². The molecule has 1 saturated heterocycles. The van der Waals surface area contributed by atoms with E-state index in [1.165, 1.54) is 39.8 Å². The fraction of sp³-hybridized carbons (Fsp3) is 0.667. The largest absolute Gasteiger partial charge is 0.308 e.